The fourth-order valence-electron chi connectivity index (χ4n) is 2.29. The lowest BCUT2D eigenvalue weighted by Gasteiger charge is -2.19. The Morgan fingerprint density at radius 3 is 2.75 bits per heavy atom. The van der Waals surface area contributed by atoms with Crippen molar-refractivity contribution >= 4 is 0 Å². The lowest BCUT2D eigenvalue weighted by molar-refractivity contribution is 0.105. The molecule has 3 nitrogen and oxygen atoms in total. The molecule has 3 N–H and O–H groups in total. The average Bonchev–Trinajstić information content (AvgIpc) is 2.73. The molecule has 0 amide bonds. The molecule has 88 valence electrons. The molecule has 0 aromatic heterocycles. The van der Waals surface area contributed by atoms with Gasteiger partial charge in [-0.1, -0.05) is 37.3 Å². The summed E-state index contributed by atoms with van der Waals surface area (Å²) in [4.78, 5) is 0. The molecule has 1 unspecified atom stereocenters. The smallest absolute Gasteiger partial charge is 0.161 e. The van der Waals surface area contributed by atoms with Crippen molar-refractivity contribution in [2.45, 2.75) is 38.1 Å². The predicted octanol–water partition coefficient (Wildman–Crippen LogP) is 1.80. The van der Waals surface area contributed by atoms with Crippen molar-refractivity contribution in [3.05, 3.63) is 35.9 Å². The molecule has 1 aromatic rings. The molecule has 0 radical (unpaired) electrons. The van der Waals surface area contributed by atoms with Gasteiger partial charge < -0.3 is 4.74 Å². The maximum Gasteiger partial charge on any atom is 0.161 e. The first-order valence-corrected chi connectivity index (χ1v) is 5.97. The summed E-state index contributed by atoms with van der Waals surface area (Å²) in [5, 5.41) is 3.24. The number of rotatable bonds is 4. The quantitative estimate of drug-likeness (QED) is 0.813. The standard InChI is InChI=1S/C13H20N2O/c1-2-10(11-6-4-3-5-7-11)8-12-9-16-13(14)15-12/h3-7,10,12-13,15H,2,8-9,14H2,1H3/t10-,12-,13?/m0/s1. The lowest BCUT2D eigenvalue weighted by Crippen LogP contribution is -2.37. The highest BCUT2D eigenvalue weighted by atomic mass is 16.5. The van der Waals surface area contributed by atoms with Gasteiger partial charge in [0.25, 0.3) is 0 Å². The zero-order chi connectivity index (χ0) is 11.4. The van der Waals surface area contributed by atoms with Gasteiger partial charge in [-0.3, -0.25) is 11.1 Å². The number of hydrogen-bond donors (Lipinski definition) is 2. The molecule has 0 bridgehead atoms. The first kappa shape index (κ1) is 11.6. The van der Waals surface area contributed by atoms with Gasteiger partial charge in [-0.2, -0.15) is 0 Å². The van der Waals surface area contributed by atoms with Crippen LogP contribution in [0.1, 0.15) is 31.2 Å². The normalized spacial score (nSPS) is 26.9. The Balaban J connectivity index is 1.96. The van der Waals surface area contributed by atoms with Gasteiger partial charge in [-0.15, -0.1) is 0 Å². The minimum Gasteiger partial charge on any atom is -0.349 e. The van der Waals surface area contributed by atoms with Crippen LogP contribution in [0.5, 0.6) is 0 Å². The number of ether oxygens (including phenoxy) is 1. The average molecular weight is 220 g/mol. The van der Waals surface area contributed by atoms with E-state index in [9.17, 15) is 0 Å². The Kier molecular flexibility index (Phi) is 3.93. The first-order valence-electron chi connectivity index (χ1n) is 5.97. The van der Waals surface area contributed by atoms with Gasteiger partial charge in [-0.05, 0) is 24.3 Å². The van der Waals surface area contributed by atoms with E-state index < -0.39 is 0 Å². The van der Waals surface area contributed by atoms with Crippen LogP contribution < -0.4 is 11.1 Å². The van der Waals surface area contributed by atoms with Crippen LogP contribution >= 0.6 is 0 Å². The molecule has 1 aliphatic heterocycles. The molecule has 0 spiro atoms. The molecule has 16 heavy (non-hydrogen) atoms. The molecule has 1 aromatic carbocycles. The summed E-state index contributed by atoms with van der Waals surface area (Å²) in [5.74, 6) is 0.590. The van der Waals surface area contributed by atoms with Crippen LogP contribution in [0.3, 0.4) is 0 Å². The third kappa shape index (κ3) is 2.82. The summed E-state index contributed by atoms with van der Waals surface area (Å²) in [7, 11) is 0. The fourth-order valence-corrected chi connectivity index (χ4v) is 2.29. The van der Waals surface area contributed by atoms with E-state index in [1.165, 1.54) is 5.56 Å². The molecule has 1 saturated heterocycles. The maximum absolute atomic E-state index is 5.65. The van der Waals surface area contributed by atoms with E-state index in [1.54, 1.807) is 0 Å². The summed E-state index contributed by atoms with van der Waals surface area (Å²) in [6.07, 6.45) is 1.96. The molecule has 0 saturated carbocycles. The number of nitrogens with two attached hydrogens (primary N) is 1. The van der Waals surface area contributed by atoms with E-state index in [4.69, 9.17) is 10.5 Å². The Morgan fingerprint density at radius 1 is 1.44 bits per heavy atom. The van der Waals surface area contributed by atoms with E-state index in [2.05, 4.69) is 42.6 Å². The largest absolute Gasteiger partial charge is 0.349 e. The van der Waals surface area contributed by atoms with Gasteiger partial charge in [0.1, 0.15) is 0 Å². The molecule has 1 heterocycles. The van der Waals surface area contributed by atoms with E-state index in [1.807, 2.05) is 0 Å². The lowest BCUT2D eigenvalue weighted by atomic mass is 9.90. The van der Waals surface area contributed by atoms with Gasteiger partial charge in [0, 0.05) is 6.04 Å². The molecule has 3 atom stereocenters. The molecule has 2 rings (SSSR count). The number of nitrogens with one attached hydrogen (secondary N) is 1. The molecular weight excluding hydrogens is 200 g/mol. The van der Waals surface area contributed by atoms with Gasteiger partial charge in [0.05, 0.1) is 6.61 Å². The van der Waals surface area contributed by atoms with Crippen molar-refractivity contribution in [2.75, 3.05) is 6.61 Å². The summed E-state index contributed by atoms with van der Waals surface area (Å²) >= 11 is 0. The zero-order valence-corrected chi connectivity index (χ0v) is 9.73. The van der Waals surface area contributed by atoms with E-state index in [0.717, 1.165) is 19.4 Å². The van der Waals surface area contributed by atoms with Crippen LogP contribution in [-0.2, 0) is 4.74 Å². The predicted molar refractivity (Wildman–Crippen MR) is 64.9 cm³/mol. The Hall–Kier alpha value is -0.900. The van der Waals surface area contributed by atoms with Crippen LogP contribution in [-0.4, -0.2) is 19.0 Å². The third-order valence-electron chi connectivity index (χ3n) is 3.21. The Labute approximate surface area is 97.0 Å². The second kappa shape index (κ2) is 5.43. The highest BCUT2D eigenvalue weighted by Crippen LogP contribution is 2.25. The summed E-state index contributed by atoms with van der Waals surface area (Å²) in [6.45, 7) is 2.96. The number of hydrogen-bond acceptors (Lipinski definition) is 3. The van der Waals surface area contributed by atoms with Crippen molar-refractivity contribution in [2.24, 2.45) is 5.73 Å². The molecule has 1 fully saturated rings. The summed E-state index contributed by atoms with van der Waals surface area (Å²) in [5.41, 5.74) is 7.06. The van der Waals surface area contributed by atoms with E-state index in [0.29, 0.717) is 12.0 Å². The van der Waals surface area contributed by atoms with Gasteiger partial charge >= 0.3 is 0 Å². The Bertz CT molecular complexity index is 315. The third-order valence-corrected chi connectivity index (χ3v) is 3.21. The molecule has 3 heteroatoms. The molecular formula is C13H20N2O. The fraction of sp³-hybridized carbons (Fsp3) is 0.538. The van der Waals surface area contributed by atoms with Gasteiger partial charge in [-0.25, -0.2) is 0 Å². The van der Waals surface area contributed by atoms with Crippen molar-refractivity contribution in [1.82, 2.24) is 5.32 Å². The molecule has 1 aliphatic rings. The van der Waals surface area contributed by atoms with E-state index in [-0.39, 0.29) is 6.35 Å². The molecule has 0 aliphatic carbocycles. The highest BCUT2D eigenvalue weighted by Gasteiger charge is 2.24. The summed E-state index contributed by atoms with van der Waals surface area (Å²) < 4.78 is 5.31. The van der Waals surface area contributed by atoms with E-state index >= 15 is 0 Å². The van der Waals surface area contributed by atoms with Crippen LogP contribution in [0.2, 0.25) is 0 Å². The Morgan fingerprint density at radius 2 is 2.19 bits per heavy atom. The first-order chi connectivity index (χ1) is 7.79. The minimum absolute atomic E-state index is 0.279. The second-order valence-electron chi connectivity index (χ2n) is 4.37. The van der Waals surface area contributed by atoms with Crippen molar-refractivity contribution in [3.8, 4) is 0 Å². The minimum atomic E-state index is -0.279. The van der Waals surface area contributed by atoms with Crippen molar-refractivity contribution in [3.63, 3.8) is 0 Å². The van der Waals surface area contributed by atoms with Crippen LogP contribution in [0, 0.1) is 0 Å². The van der Waals surface area contributed by atoms with Gasteiger partial charge in [0.2, 0.25) is 0 Å². The second-order valence-corrected chi connectivity index (χ2v) is 4.37. The monoisotopic (exact) mass is 220 g/mol. The SMILES string of the molecule is CC[C@@H](C[C@H]1COC(N)N1)c1ccccc1. The highest BCUT2D eigenvalue weighted by molar-refractivity contribution is 5.19. The maximum atomic E-state index is 5.65. The number of benzene rings is 1. The zero-order valence-electron chi connectivity index (χ0n) is 9.73. The van der Waals surface area contributed by atoms with Crippen molar-refractivity contribution in [1.29, 1.82) is 0 Å². The van der Waals surface area contributed by atoms with Crippen LogP contribution in [0.15, 0.2) is 30.3 Å². The van der Waals surface area contributed by atoms with Crippen LogP contribution in [0.25, 0.3) is 0 Å². The van der Waals surface area contributed by atoms with Crippen LogP contribution in [0.4, 0.5) is 0 Å². The van der Waals surface area contributed by atoms with Crippen molar-refractivity contribution < 1.29 is 4.74 Å². The summed E-state index contributed by atoms with van der Waals surface area (Å²) in [6, 6.07) is 11.0. The van der Waals surface area contributed by atoms with Gasteiger partial charge in [0.15, 0.2) is 6.35 Å². The topological polar surface area (TPSA) is 47.3 Å².